The van der Waals surface area contributed by atoms with Gasteiger partial charge in [-0.05, 0) is 44.4 Å². The summed E-state index contributed by atoms with van der Waals surface area (Å²) in [4.78, 5) is 30.3. The molecule has 1 fully saturated rings. The fourth-order valence-corrected chi connectivity index (χ4v) is 2.99. The first-order valence-electron chi connectivity index (χ1n) is 7.51. The zero-order valence-corrected chi connectivity index (χ0v) is 12.2. The van der Waals surface area contributed by atoms with Crippen LogP contribution in [0.15, 0.2) is 23.0 Å². The summed E-state index contributed by atoms with van der Waals surface area (Å²) in [6.07, 6.45) is 3.67. The molecular weight excluding hydrogens is 268 g/mol. The SMILES string of the molecule is C[C@@H](C(=O)Nc1ccc2[nH]c(=O)[nH]c2c1)[NH+]1CCCCC1. The number of anilines is 1. The average Bonchev–Trinajstić information content (AvgIpc) is 2.86. The molecule has 21 heavy (non-hydrogen) atoms. The second-order valence-electron chi connectivity index (χ2n) is 5.77. The molecule has 1 atom stereocenters. The molecule has 4 N–H and O–H groups in total. The van der Waals surface area contributed by atoms with E-state index in [4.69, 9.17) is 0 Å². The van der Waals surface area contributed by atoms with Gasteiger partial charge in [0, 0.05) is 5.69 Å². The van der Waals surface area contributed by atoms with Crippen molar-refractivity contribution in [2.45, 2.75) is 32.2 Å². The van der Waals surface area contributed by atoms with Gasteiger partial charge in [0.1, 0.15) is 0 Å². The summed E-state index contributed by atoms with van der Waals surface area (Å²) < 4.78 is 0. The van der Waals surface area contributed by atoms with E-state index in [0.717, 1.165) is 18.6 Å². The number of amides is 1. The maximum atomic E-state index is 12.3. The van der Waals surface area contributed by atoms with Crippen molar-refractivity contribution >= 4 is 22.6 Å². The molecule has 2 heterocycles. The number of benzene rings is 1. The van der Waals surface area contributed by atoms with Gasteiger partial charge < -0.3 is 20.2 Å². The van der Waals surface area contributed by atoms with E-state index in [9.17, 15) is 9.59 Å². The molecule has 6 heteroatoms. The van der Waals surface area contributed by atoms with Crippen LogP contribution in [0, 0.1) is 0 Å². The quantitative estimate of drug-likeness (QED) is 0.653. The summed E-state index contributed by atoms with van der Waals surface area (Å²) in [5.41, 5.74) is 1.93. The van der Waals surface area contributed by atoms with E-state index in [1.54, 1.807) is 12.1 Å². The van der Waals surface area contributed by atoms with E-state index >= 15 is 0 Å². The highest BCUT2D eigenvalue weighted by atomic mass is 16.2. The predicted molar refractivity (Wildman–Crippen MR) is 81.6 cm³/mol. The molecule has 3 rings (SSSR count). The third-order valence-corrected chi connectivity index (χ3v) is 4.28. The zero-order chi connectivity index (χ0) is 14.8. The molecule has 2 aromatic rings. The molecule has 0 radical (unpaired) electrons. The van der Waals surface area contributed by atoms with E-state index in [1.807, 2.05) is 13.0 Å². The number of carbonyl (C=O) groups is 1. The number of quaternary nitrogens is 1. The highest BCUT2D eigenvalue weighted by Crippen LogP contribution is 2.14. The first kappa shape index (κ1) is 13.9. The van der Waals surface area contributed by atoms with Crippen molar-refractivity contribution in [3.63, 3.8) is 0 Å². The number of piperidine rings is 1. The van der Waals surface area contributed by atoms with Crippen molar-refractivity contribution in [1.82, 2.24) is 9.97 Å². The van der Waals surface area contributed by atoms with Crippen LogP contribution in [-0.4, -0.2) is 35.0 Å². The van der Waals surface area contributed by atoms with Crippen LogP contribution in [0.5, 0.6) is 0 Å². The van der Waals surface area contributed by atoms with Gasteiger partial charge >= 0.3 is 5.69 Å². The number of hydrogen-bond donors (Lipinski definition) is 4. The maximum Gasteiger partial charge on any atom is 0.323 e. The Morgan fingerprint density at radius 2 is 1.90 bits per heavy atom. The van der Waals surface area contributed by atoms with Crippen molar-refractivity contribution in [2.75, 3.05) is 18.4 Å². The molecule has 0 saturated carbocycles. The Morgan fingerprint density at radius 1 is 1.19 bits per heavy atom. The summed E-state index contributed by atoms with van der Waals surface area (Å²) in [5.74, 6) is 0.0316. The lowest BCUT2D eigenvalue weighted by molar-refractivity contribution is -0.918. The van der Waals surface area contributed by atoms with Crippen molar-refractivity contribution in [2.24, 2.45) is 0 Å². The average molecular weight is 289 g/mol. The summed E-state index contributed by atoms with van der Waals surface area (Å²) >= 11 is 0. The lowest BCUT2D eigenvalue weighted by Gasteiger charge is -2.28. The van der Waals surface area contributed by atoms with Gasteiger partial charge in [-0.2, -0.15) is 0 Å². The van der Waals surface area contributed by atoms with E-state index in [2.05, 4.69) is 15.3 Å². The van der Waals surface area contributed by atoms with Gasteiger partial charge in [0.05, 0.1) is 24.1 Å². The molecule has 1 aromatic carbocycles. The molecule has 1 amide bonds. The Bertz CT molecular complexity index is 697. The number of aromatic amines is 2. The Morgan fingerprint density at radius 3 is 2.67 bits per heavy atom. The van der Waals surface area contributed by atoms with Gasteiger partial charge in [-0.15, -0.1) is 0 Å². The Hall–Kier alpha value is -2.08. The van der Waals surface area contributed by atoms with Crippen LogP contribution < -0.4 is 15.9 Å². The number of fused-ring (bicyclic) bond motifs is 1. The lowest BCUT2D eigenvalue weighted by atomic mass is 10.1. The normalized spacial score (nSPS) is 17.8. The molecule has 1 aromatic heterocycles. The van der Waals surface area contributed by atoms with Crippen LogP contribution in [0.3, 0.4) is 0 Å². The van der Waals surface area contributed by atoms with Gasteiger partial charge in [-0.25, -0.2) is 4.79 Å². The molecule has 1 aliphatic heterocycles. The first-order chi connectivity index (χ1) is 10.1. The van der Waals surface area contributed by atoms with Crippen molar-refractivity contribution in [1.29, 1.82) is 0 Å². The molecule has 1 aliphatic rings. The Labute approximate surface area is 122 Å². The number of carbonyl (C=O) groups excluding carboxylic acids is 1. The van der Waals surface area contributed by atoms with Crippen LogP contribution in [0.1, 0.15) is 26.2 Å². The number of likely N-dealkylation sites (tertiary alicyclic amines) is 1. The van der Waals surface area contributed by atoms with E-state index in [1.165, 1.54) is 24.2 Å². The second kappa shape index (κ2) is 5.73. The number of aromatic nitrogens is 2. The summed E-state index contributed by atoms with van der Waals surface area (Å²) in [6.45, 7) is 4.12. The third-order valence-electron chi connectivity index (χ3n) is 4.28. The van der Waals surface area contributed by atoms with Crippen molar-refractivity contribution in [3.8, 4) is 0 Å². The maximum absolute atomic E-state index is 12.3. The molecule has 0 spiro atoms. The van der Waals surface area contributed by atoms with Gasteiger partial charge in [0.15, 0.2) is 6.04 Å². The van der Waals surface area contributed by atoms with Crippen LogP contribution in [0.4, 0.5) is 5.69 Å². The van der Waals surface area contributed by atoms with E-state index in [0.29, 0.717) is 11.2 Å². The molecule has 0 unspecified atom stereocenters. The molecule has 6 nitrogen and oxygen atoms in total. The summed E-state index contributed by atoms with van der Waals surface area (Å²) in [7, 11) is 0. The van der Waals surface area contributed by atoms with Crippen LogP contribution >= 0.6 is 0 Å². The number of rotatable bonds is 3. The number of imidazole rings is 1. The molecule has 0 aliphatic carbocycles. The fourth-order valence-electron chi connectivity index (χ4n) is 2.99. The fraction of sp³-hybridized carbons (Fsp3) is 0.467. The summed E-state index contributed by atoms with van der Waals surface area (Å²) in [6, 6.07) is 5.33. The van der Waals surface area contributed by atoms with Crippen molar-refractivity contribution < 1.29 is 9.69 Å². The minimum atomic E-state index is -0.236. The highest BCUT2D eigenvalue weighted by Gasteiger charge is 2.26. The second-order valence-corrected chi connectivity index (χ2v) is 5.77. The van der Waals surface area contributed by atoms with Crippen molar-refractivity contribution in [3.05, 3.63) is 28.7 Å². The lowest BCUT2D eigenvalue weighted by Crippen LogP contribution is -3.17. The van der Waals surface area contributed by atoms with Gasteiger partial charge in [-0.3, -0.25) is 4.79 Å². The predicted octanol–water partition coefficient (Wildman–Crippen LogP) is 0.252. The number of hydrogen-bond acceptors (Lipinski definition) is 2. The van der Waals surface area contributed by atoms with Crippen LogP contribution in [0.25, 0.3) is 11.0 Å². The largest absolute Gasteiger partial charge is 0.325 e. The van der Waals surface area contributed by atoms with Crippen LogP contribution in [-0.2, 0) is 4.79 Å². The number of nitrogens with one attached hydrogen (secondary N) is 4. The van der Waals surface area contributed by atoms with E-state index < -0.39 is 0 Å². The monoisotopic (exact) mass is 289 g/mol. The topological polar surface area (TPSA) is 82.2 Å². The molecule has 1 saturated heterocycles. The van der Waals surface area contributed by atoms with Gasteiger partial charge in [0.2, 0.25) is 0 Å². The van der Waals surface area contributed by atoms with E-state index in [-0.39, 0.29) is 17.6 Å². The molecular formula is C15H21N4O2+. The summed E-state index contributed by atoms with van der Waals surface area (Å²) in [5, 5.41) is 2.94. The minimum Gasteiger partial charge on any atom is -0.325 e. The highest BCUT2D eigenvalue weighted by molar-refractivity contribution is 5.95. The first-order valence-corrected chi connectivity index (χ1v) is 7.51. The smallest absolute Gasteiger partial charge is 0.323 e. The standard InChI is InChI=1S/C15H20N4O2/c1-10(19-7-3-2-4-8-19)14(20)16-11-5-6-12-13(9-11)18-15(21)17-12/h5-6,9-10H,2-4,7-8H2,1H3,(H,16,20)(H2,17,18,21)/p+1/t10-/m0/s1. The third kappa shape index (κ3) is 3.00. The number of H-pyrrole nitrogens is 2. The molecule has 0 bridgehead atoms. The van der Waals surface area contributed by atoms with Gasteiger partial charge in [-0.1, -0.05) is 0 Å². The molecule has 112 valence electrons. The zero-order valence-electron chi connectivity index (χ0n) is 12.2. The minimum absolute atomic E-state index is 0.0316. The Balaban J connectivity index is 1.71. The van der Waals surface area contributed by atoms with Crippen LogP contribution in [0.2, 0.25) is 0 Å². The Kier molecular flexibility index (Phi) is 3.79. The van der Waals surface area contributed by atoms with Gasteiger partial charge in [0.25, 0.3) is 5.91 Å².